The van der Waals surface area contributed by atoms with Gasteiger partial charge in [-0.2, -0.15) is 5.10 Å². The molecule has 2 rings (SSSR count). The zero-order valence-corrected chi connectivity index (χ0v) is 14.0. The van der Waals surface area contributed by atoms with E-state index in [4.69, 9.17) is 11.6 Å². The number of aromatic hydroxyl groups is 1. The van der Waals surface area contributed by atoms with Crippen LogP contribution in [0.1, 0.15) is 11.1 Å². The van der Waals surface area contributed by atoms with Crippen molar-refractivity contribution >= 4 is 35.3 Å². The van der Waals surface area contributed by atoms with Gasteiger partial charge in [-0.1, -0.05) is 29.8 Å². The third-order valence-corrected chi connectivity index (χ3v) is 3.45. The lowest BCUT2D eigenvalue weighted by Gasteiger charge is -2.05. The number of nitrogens with one attached hydrogen (secondary N) is 2. The minimum atomic E-state index is -0.937. The van der Waals surface area contributed by atoms with Crippen molar-refractivity contribution in [3.63, 3.8) is 0 Å². The summed E-state index contributed by atoms with van der Waals surface area (Å²) in [7, 11) is 0. The van der Waals surface area contributed by atoms with E-state index in [-0.39, 0.29) is 5.75 Å². The van der Waals surface area contributed by atoms with E-state index in [0.717, 1.165) is 0 Å². The first-order valence-corrected chi connectivity index (χ1v) is 7.70. The van der Waals surface area contributed by atoms with Gasteiger partial charge < -0.3 is 10.4 Å². The fourth-order valence-corrected chi connectivity index (χ4v) is 2.09. The summed E-state index contributed by atoms with van der Waals surface area (Å²) in [6, 6.07) is 11.4. The van der Waals surface area contributed by atoms with Gasteiger partial charge in [0, 0.05) is 16.3 Å². The molecular formula is C18H16ClN3O3. The molecule has 0 aliphatic carbocycles. The van der Waals surface area contributed by atoms with Crippen molar-refractivity contribution in [1.29, 1.82) is 0 Å². The van der Waals surface area contributed by atoms with Gasteiger partial charge in [0.15, 0.2) is 0 Å². The van der Waals surface area contributed by atoms with E-state index in [9.17, 15) is 14.7 Å². The molecule has 128 valence electrons. The zero-order chi connectivity index (χ0) is 18.2. The Morgan fingerprint density at radius 2 is 1.88 bits per heavy atom. The van der Waals surface area contributed by atoms with Crippen molar-refractivity contribution in [2.75, 3.05) is 5.32 Å². The Labute approximate surface area is 149 Å². The Morgan fingerprint density at radius 3 is 2.56 bits per heavy atom. The van der Waals surface area contributed by atoms with E-state index >= 15 is 0 Å². The molecule has 0 fully saturated rings. The third kappa shape index (κ3) is 5.19. The summed E-state index contributed by atoms with van der Waals surface area (Å²) in [5.41, 5.74) is 3.64. The largest absolute Gasteiger partial charge is 0.507 e. The Hall–Kier alpha value is -3.12. The summed E-state index contributed by atoms with van der Waals surface area (Å²) in [4.78, 5) is 23.5. The van der Waals surface area contributed by atoms with Gasteiger partial charge in [0.1, 0.15) is 5.75 Å². The lowest BCUT2D eigenvalue weighted by atomic mass is 10.1. The second kappa shape index (κ2) is 8.65. The fourth-order valence-electron chi connectivity index (χ4n) is 1.97. The van der Waals surface area contributed by atoms with Gasteiger partial charge in [-0.3, -0.25) is 9.59 Å². The van der Waals surface area contributed by atoms with Crippen LogP contribution in [-0.2, 0) is 16.0 Å². The number of hydrogen-bond acceptors (Lipinski definition) is 4. The number of hydrogen-bond donors (Lipinski definition) is 3. The van der Waals surface area contributed by atoms with Gasteiger partial charge in [-0.05, 0) is 42.3 Å². The van der Waals surface area contributed by atoms with E-state index in [1.54, 1.807) is 48.5 Å². The van der Waals surface area contributed by atoms with Gasteiger partial charge >= 0.3 is 11.8 Å². The molecule has 0 unspecified atom stereocenters. The number of anilines is 1. The van der Waals surface area contributed by atoms with Crippen LogP contribution in [0.15, 0.2) is 60.2 Å². The molecule has 2 aromatic rings. The third-order valence-electron chi connectivity index (χ3n) is 3.19. The lowest BCUT2D eigenvalue weighted by molar-refractivity contribution is -0.136. The number of amides is 2. The number of carbonyl (C=O) groups is 2. The SMILES string of the molecule is C=CCc1cccc(C=NNC(=O)C(=O)Nc2ccc(Cl)cc2)c1O. The highest BCUT2D eigenvalue weighted by atomic mass is 35.5. The second-order valence-corrected chi connectivity index (χ2v) is 5.44. The Morgan fingerprint density at radius 1 is 1.16 bits per heavy atom. The molecular weight excluding hydrogens is 342 g/mol. The molecule has 0 atom stereocenters. The number of phenolic OH excluding ortho intramolecular Hbond substituents is 1. The van der Waals surface area contributed by atoms with Crippen LogP contribution in [0.25, 0.3) is 0 Å². The summed E-state index contributed by atoms with van der Waals surface area (Å²) in [6.07, 6.45) is 3.43. The standard InChI is InChI=1S/C18H16ClN3O3/c1-2-4-12-5-3-6-13(16(12)23)11-20-22-18(25)17(24)21-15-9-7-14(19)8-10-15/h2-3,5-11,23H,1,4H2,(H,21,24)(H,22,25). The Balaban J connectivity index is 1.96. The topological polar surface area (TPSA) is 90.8 Å². The van der Waals surface area contributed by atoms with E-state index < -0.39 is 11.8 Å². The molecule has 0 bridgehead atoms. The summed E-state index contributed by atoms with van der Waals surface area (Å²) in [6.45, 7) is 3.62. The molecule has 3 N–H and O–H groups in total. The predicted octanol–water partition coefficient (Wildman–Crippen LogP) is 2.86. The minimum Gasteiger partial charge on any atom is -0.507 e. The van der Waals surface area contributed by atoms with E-state index in [0.29, 0.717) is 28.3 Å². The quantitative estimate of drug-likeness (QED) is 0.332. The number of hydrazone groups is 1. The first kappa shape index (κ1) is 18.2. The van der Waals surface area contributed by atoms with Gasteiger partial charge in [-0.15, -0.1) is 6.58 Å². The first-order valence-electron chi connectivity index (χ1n) is 7.33. The average Bonchev–Trinajstić information content (AvgIpc) is 2.60. The molecule has 0 aromatic heterocycles. The fraction of sp³-hybridized carbons (Fsp3) is 0.0556. The van der Waals surface area contributed by atoms with Crippen molar-refractivity contribution in [1.82, 2.24) is 5.43 Å². The average molecular weight is 358 g/mol. The molecule has 7 heteroatoms. The summed E-state index contributed by atoms with van der Waals surface area (Å²) in [5, 5.41) is 16.7. The number of halogens is 1. The number of phenols is 1. The maximum Gasteiger partial charge on any atom is 0.329 e. The summed E-state index contributed by atoms with van der Waals surface area (Å²) >= 11 is 5.74. The molecule has 0 aliphatic heterocycles. The highest BCUT2D eigenvalue weighted by Crippen LogP contribution is 2.21. The number of rotatable bonds is 5. The Bertz CT molecular complexity index is 817. The van der Waals surface area contributed by atoms with Gasteiger partial charge in [-0.25, -0.2) is 5.43 Å². The normalized spacial score (nSPS) is 10.4. The molecule has 0 heterocycles. The molecule has 2 aromatic carbocycles. The van der Waals surface area contributed by atoms with Crippen LogP contribution >= 0.6 is 11.6 Å². The predicted molar refractivity (Wildman–Crippen MR) is 97.8 cm³/mol. The van der Waals surface area contributed by atoms with E-state index in [1.165, 1.54) is 6.21 Å². The number of allylic oxidation sites excluding steroid dienone is 1. The molecule has 25 heavy (non-hydrogen) atoms. The van der Waals surface area contributed by atoms with Gasteiger partial charge in [0.25, 0.3) is 0 Å². The molecule has 0 saturated carbocycles. The highest BCUT2D eigenvalue weighted by Gasteiger charge is 2.13. The van der Waals surface area contributed by atoms with Crippen LogP contribution in [0.4, 0.5) is 5.69 Å². The smallest absolute Gasteiger partial charge is 0.329 e. The van der Waals surface area contributed by atoms with Crippen molar-refractivity contribution in [2.45, 2.75) is 6.42 Å². The van der Waals surface area contributed by atoms with Crippen LogP contribution in [0, 0.1) is 0 Å². The van der Waals surface area contributed by atoms with Crippen LogP contribution in [0.3, 0.4) is 0 Å². The Kier molecular flexibility index (Phi) is 6.31. The van der Waals surface area contributed by atoms with Crippen LogP contribution in [0.5, 0.6) is 5.75 Å². The van der Waals surface area contributed by atoms with E-state index in [1.807, 2.05) is 0 Å². The van der Waals surface area contributed by atoms with E-state index in [2.05, 4.69) is 22.4 Å². The van der Waals surface area contributed by atoms with Crippen molar-refractivity contribution in [2.24, 2.45) is 5.10 Å². The molecule has 0 saturated heterocycles. The second-order valence-electron chi connectivity index (χ2n) is 5.01. The zero-order valence-electron chi connectivity index (χ0n) is 13.2. The van der Waals surface area contributed by atoms with Crippen molar-refractivity contribution < 1.29 is 14.7 Å². The molecule has 0 radical (unpaired) electrons. The molecule has 2 amide bonds. The number of carbonyl (C=O) groups excluding carboxylic acids is 2. The summed E-state index contributed by atoms with van der Waals surface area (Å²) in [5.74, 6) is -1.76. The highest BCUT2D eigenvalue weighted by molar-refractivity contribution is 6.39. The summed E-state index contributed by atoms with van der Waals surface area (Å²) < 4.78 is 0. The minimum absolute atomic E-state index is 0.0472. The number of nitrogens with zero attached hydrogens (tertiary/aromatic N) is 1. The molecule has 6 nitrogen and oxygen atoms in total. The van der Waals surface area contributed by atoms with Gasteiger partial charge in [0.2, 0.25) is 0 Å². The van der Waals surface area contributed by atoms with Crippen molar-refractivity contribution in [3.05, 3.63) is 71.3 Å². The maximum atomic E-state index is 11.8. The monoisotopic (exact) mass is 357 g/mol. The molecule has 0 spiro atoms. The van der Waals surface area contributed by atoms with Crippen molar-refractivity contribution in [3.8, 4) is 5.75 Å². The first-order chi connectivity index (χ1) is 12.0. The van der Waals surface area contributed by atoms with Crippen LogP contribution < -0.4 is 10.7 Å². The maximum absolute atomic E-state index is 11.8. The number of para-hydroxylation sites is 1. The molecule has 0 aliphatic rings. The van der Waals surface area contributed by atoms with Crippen LogP contribution in [-0.4, -0.2) is 23.1 Å². The van der Waals surface area contributed by atoms with Gasteiger partial charge in [0.05, 0.1) is 6.21 Å². The lowest BCUT2D eigenvalue weighted by Crippen LogP contribution is -2.32. The van der Waals surface area contributed by atoms with Crippen LogP contribution in [0.2, 0.25) is 5.02 Å². The number of benzene rings is 2.